The van der Waals surface area contributed by atoms with Gasteiger partial charge in [0.1, 0.15) is 12.6 Å². The summed E-state index contributed by atoms with van der Waals surface area (Å²) in [6.45, 7) is 3.69. The van der Waals surface area contributed by atoms with Crippen LogP contribution < -0.4 is 9.62 Å². The van der Waals surface area contributed by atoms with Crippen LogP contribution in [0.2, 0.25) is 10.0 Å². The molecule has 0 radical (unpaired) electrons. The van der Waals surface area contributed by atoms with Crippen LogP contribution >= 0.6 is 23.2 Å². The molecule has 230 valence electrons. The summed E-state index contributed by atoms with van der Waals surface area (Å²) in [5.41, 5.74) is 2.66. The monoisotopic (exact) mass is 651 g/mol. The van der Waals surface area contributed by atoms with Gasteiger partial charge in [-0.2, -0.15) is 0 Å². The van der Waals surface area contributed by atoms with Crippen molar-refractivity contribution in [3.63, 3.8) is 0 Å². The number of carbonyl (C=O) groups excluding carboxylic acids is 2. The van der Waals surface area contributed by atoms with E-state index in [9.17, 15) is 18.0 Å². The zero-order valence-electron chi connectivity index (χ0n) is 24.6. The van der Waals surface area contributed by atoms with E-state index in [0.29, 0.717) is 34.3 Å². The molecular weight excluding hydrogens is 617 g/mol. The van der Waals surface area contributed by atoms with Crippen LogP contribution in [0.15, 0.2) is 108 Å². The highest BCUT2D eigenvalue weighted by atomic mass is 35.5. The molecule has 10 heteroatoms. The lowest BCUT2D eigenvalue weighted by Gasteiger charge is -2.34. The Bertz CT molecular complexity index is 1690. The maximum atomic E-state index is 14.4. The molecule has 4 rings (SSSR count). The molecule has 0 unspecified atom stereocenters. The summed E-state index contributed by atoms with van der Waals surface area (Å²) < 4.78 is 29.1. The standard InChI is InChI=1S/C34H35Cl2N3O4S/c1-3-19-37-34(41)32(22-26-12-6-4-7-13-26)38(23-27-17-18-30(35)31(36)21-27)33(40)24-39(28-14-10-11-25(2)20-28)44(42,43)29-15-8-5-9-16-29/h4-18,20-21,32H,3,19,22-24H2,1-2H3,(H,37,41)/t32-/m0/s1. The molecule has 0 saturated carbocycles. The number of carbonyl (C=O) groups is 2. The number of hydrogen-bond donors (Lipinski definition) is 1. The number of halogens is 2. The first-order chi connectivity index (χ1) is 21.1. The van der Waals surface area contributed by atoms with Gasteiger partial charge in [-0.1, -0.05) is 96.9 Å². The fourth-order valence-electron chi connectivity index (χ4n) is 4.79. The minimum absolute atomic E-state index is 0.000189. The fourth-order valence-corrected chi connectivity index (χ4v) is 6.53. The molecule has 7 nitrogen and oxygen atoms in total. The van der Waals surface area contributed by atoms with Gasteiger partial charge in [0, 0.05) is 19.5 Å². The van der Waals surface area contributed by atoms with E-state index in [0.717, 1.165) is 15.4 Å². The van der Waals surface area contributed by atoms with Gasteiger partial charge in [-0.05, 0) is 66.4 Å². The first kappa shape index (κ1) is 33.1. The largest absolute Gasteiger partial charge is 0.354 e. The van der Waals surface area contributed by atoms with Crippen LogP contribution in [0.3, 0.4) is 0 Å². The van der Waals surface area contributed by atoms with Crippen molar-refractivity contribution >= 4 is 50.7 Å². The predicted molar refractivity (Wildman–Crippen MR) is 176 cm³/mol. The van der Waals surface area contributed by atoms with E-state index in [1.807, 2.05) is 50.2 Å². The first-order valence-electron chi connectivity index (χ1n) is 14.3. The van der Waals surface area contributed by atoms with Crippen LogP contribution in [0.25, 0.3) is 0 Å². The van der Waals surface area contributed by atoms with Gasteiger partial charge in [0.2, 0.25) is 11.8 Å². The van der Waals surface area contributed by atoms with E-state index in [4.69, 9.17) is 23.2 Å². The quantitative estimate of drug-likeness (QED) is 0.175. The SMILES string of the molecule is CCCNC(=O)[C@H](Cc1ccccc1)N(Cc1ccc(Cl)c(Cl)c1)C(=O)CN(c1cccc(C)c1)S(=O)(=O)c1ccccc1. The molecule has 0 aromatic heterocycles. The van der Waals surface area contributed by atoms with Crippen LogP contribution in [0.5, 0.6) is 0 Å². The highest BCUT2D eigenvalue weighted by Crippen LogP contribution is 2.27. The number of nitrogens with one attached hydrogen (secondary N) is 1. The molecule has 4 aromatic rings. The first-order valence-corrected chi connectivity index (χ1v) is 16.5. The van der Waals surface area contributed by atoms with Crippen molar-refractivity contribution in [3.8, 4) is 0 Å². The Morgan fingerprint density at radius 3 is 2.14 bits per heavy atom. The minimum atomic E-state index is -4.16. The molecule has 4 aromatic carbocycles. The van der Waals surface area contributed by atoms with E-state index < -0.39 is 28.5 Å². The van der Waals surface area contributed by atoms with Crippen molar-refractivity contribution in [3.05, 3.63) is 130 Å². The average Bonchev–Trinajstić information content (AvgIpc) is 3.02. The number of rotatable bonds is 13. The second kappa shape index (κ2) is 15.2. The molecule has 0 saturated heterocycles. The Morgan fingerprint density at radius 2 is 1.50 bits per heavy atom. The average molecular weight is 653 g/mol. The van der Waals surface area contributed by atoms with Gasteiger partial charge < -0.3 is 10.2 Å². The summed E-state index contributed by atoms with van der Waals surface area (Å²) in [5.74, 6) is -0.887. The van der Waals surface area contributed by atoms with Gasteiger partial charge >= 0.3 is 0 Å². The number of aryl methyl sites for hydroxylation is 1. The smallest absolute Gasteiger partial charge is 0.264 e. The molecule has 2 amide bonds. The van der Waals surface area contributed by atoms with E-state index in [-0.39, 0.29) is 23.8 Å². The van der Waals surface area contributed by atoms with E-state index >= 15 is 0 Å². The Balaban J connectivity index is 1.80. The van der Waals surface area contributed by atoms with E-state index in [1.54, 1.807) is 54.6 Å². The minimum Gasteiger partial charge on any atom is -0.354 e. The fraction of sp³-hybridized carbons (Fsp3) is 0.235. The number of sulfonamides is 1. The van der Waals surface area contributed by atoms with Crippen molar-refractivity contribution in [2.45, 2.75) is 44.2 Å². The number of benzene rings is 4. The topological polar surface area (TPSA) is 86.8 Å². The highest BCUT2D eigenvalue weighted by Gasteiger charge is 2.34. The van der Waals surface area contributed by atoms with Gasteiger partial charge in [-0.3, -0.25) is 13.9 Å². The normalized spacial score (nSPS) is 11.9. The third-order valence-corrected chi connectivity index (χ3v) is 9.58. The van der Waals surface area contributed by atoms with Crippen molar-refractivity contribution in [2.24, 2.45) is 0 Å². The summed E-state index contributed by atoms with van der Waals surface area (Å²) >= 11 is 12.5. The third kappa shape index (κ3) is 8.40. The summed E-state index contributed by atoms with van der Waals surface area (Å²) in [7, 11) is -4.16. The number of amides is 2. The van der Waals surface area contributed by atoms with Crippen LogP contribution in [0.4, 0.5) is 5.69 Å². The van der Waals surface area contributed by atoms with Crippen LogP contribution in [0.1, 0.15) is 30.0 Å². The van der Waals surface area contributed by atoms with Gasteiger partial charge in [0.05, 0.1) is 20.6 Å². The third-order valence-electron chi connectivity index (χ3n) is 7.06. The number of hydrogen-bond acceptors (Lipinski definition) is 4. The van der Waals surface area contributed by atoms with Crippen molar-refractivity contribution < 1.29 is 18.0 Å². The van der Waals surface area contributed by atoms with Crippen molar-refractivity contribution in [1.82, 2.24) is 10.2 Å². The molecule has 0 heterocycles. The summed E-state index contributed by atoms with van der Waals surface area (Å²) in [4.78, 5) is 29.6. The lowest BCUT2D eigenvalue weighted by atomic mass is 10.0. The molecule has 1 N–H and O–H groups in total. The molecule has 1 atom stereocenters. The Kier molecular flexibility index (Phi) is 11.4. The zero-order chi connectivity index (χ0) is 31.7. The Morgan fingerprint density at radius 1 is 0.818 bits per heavy atom. The maximum Gasteiger partial charge on any atom is 0.264 e. The van der Waals surface area contributed by atoms with Gasteiger partial charge in [-0.15, -0.1) is 0 Å². The van der Waals surface area contributed by atoms with Gasteiger partial charge in [-0.25, -0.2) is 8.42 Å². The summed E-state index contributed by atoms with van der Waals surface area (Å²) in [5, 5.41) is 3.59. The molecule has 0 bridgehead atoms. The molecule has 0 fully saturated rings. The van der Waals surface area contributed by atoms with Crippen LogP contribution in [0, 0.1) is 6.92 Å². The molecule has 44 heavy (non-hydrogen) atoms. The molecule has 0 spiro atoms. The molecule has 0 aliphatic heterocycles. The second-order valence-electron chi connectivity index (χ2n) is 10.4. The number of anilines is 1. The maximum absolute atomic E-state index is 14.4. The van der Waals surface area contributed by atoms with Crippen molar-refractivity contribution in [2.75, 3.05) is 17.4 Å². The summed E-state index contributed by atoms with van der Waals surface area (Å²) in [6.07, 6.45) is 0.931. The Labute approximate surface area is 269 Å². The van der Waals surface area contributed by atoms with Crippen molar-refractivity contribution in [1.29, 1.82) is 0 Å². The van der Waals surface area contributed by atoms with Crippen LogP contribution in [-0.4, -0.2) is 44.3 Å². The predicted octanol–water partition coefficient (Wildman–Crippen LogP) is 6.66. The lowest BCUT2D eigenvalue weighted by molar-refractivity contribution is -0.140. The van der Waals surface area contributed by atoms with E-state index in [2.05, 4.69) is 5.32 Å². The highest BCUT2D eigenvalue weighted by molar-refractivity contribution is 7.92. The van der Waals surface area contributed by atoms with Gasteiger partial charge in [0.15, 0.2) is 0 Å². The lowest BCUT2D eigenvalue weighted by Crippen LogP contribution is -2.53. The second-order valence-corrected chi connectivity index (χ2v) is 13.1. The van der Waals surface area contributed by atoms with Crippen LogP contribution in [-0.2, 0) is 32.6 Å². The molecule has 0 aliphatic carbocycles. The zero-order valence-corrected chi connectivity index (χ0v) is 26.9. The number of nitrogens with zero attached hydrogens (tertiary/aromatic N) is 2. The molecule has 0 aliphatic rings. The summed E-state index contributed by atoms with van der Waals surface area (Å²) in [6, 6.07) is 28.4. The van der Waals surface area contributed by atoms with E-state index in [1.165, 1.54) is 17.0 Å². The molecular formula is C34H35Cl2N3O4S. The van der Waals surface area contributed by atoms with Gasteiger partial charge in [0.25, 0.3) is 10.0 Å². The Hall–Kier alpha value is -3.85.